The Morgan fingerprint density at radius 3 is 2.94 bits per heavy atom. The van der Waals surface area contributed by atoms with Crippen LogP contribution in [0.2, 0.25) is 5.02 Å². The first-order chi connectivity index (χ1) is 8.56. The van der Waals surface area contributed by atoms with Crippen molar-refractivity contribution in [2.75, 3.05) is 18.4 Å². The Morgan fingerprint density at radius 1 is 1.61 bits per heavy atom. The SMILES string of the molecule is C=CCn1ncc(NCCNC(N)=O)c(Cl)c1=O. The van der Waals surface area contributed by atoms with Crippen LogP contribution >= 0.6 is 11.6 Å². The van der Waals surface area contributed by atoms with Crippen molar-refractivity contribution in [3.8, 4) is 0 Å². The third-order valence-electron chi connectivity index (χ3n) is 2.03. The van der Waals surface area contributed by atoms with Gasteiger partial charge in [-0.15, -0.1) is 6.58 Å². The number of halogens is 1. The number of urea groups is 1. The Hall–Kier alpha value is -2.02. The quantitative estimate of drug-likeness (QED) is 0.507. The Labute approximate surface area is 109 Å². The number of amides is 2. The number of carbonyl (C=O) groups is 1. The van der Waals surface area contributed by atoms with Gasteiger partial charge in [0, 0.05) is 13.1 Å². The highest BCUT2D eigenvalue weighted by atomic mass is 35.5. The lowest BCUT2D eigenvalue weighted by Gasteiger charge is -2.09. The molecule has 98 valence electrons. The van der Waals surface area contributed by atoms with Crippen molar-refractivity contribution in [2.24, 2.45) is 5.73 Å². The van der Waals surface area contributed by atoms with Crippen molar-refractivity contribution in [1.82, 2.24) is 15.1 Å². The molecular weight excluding hydrogens is 258 g/mol. The highest BCUT2D eigenvalue weighted by molar-refractivity contribution is 6.32. The van der Waals surface area contributed by atoms with E-state index < -0.39 is 11.6 Å². The van der Waals surface area contributed by atoms with Crippen molar-refractivity contribution in [3.63, 3.8) is 0 Å². The van der Waals surface area contributed by atoms with E-state index in [9.17, 15) is 9.59 Å². The van der Waals surface area contributed by atoms with Crippen LogP contribution in [0.4, 0.5) is 10.5 Å². The number of aromatic nitrogens is 2. The topological polar surface area (TPSA) is 102 Å². The van der Waals surface area contributed by atoms with E-state index >= 15 is 0 Å². The van der Waals surface area contributed by atoms with E-state index in [0.717, 1.165) is 0 Å². The fourth-order valence-electron chi connectivity index (χ4n) is 1.22. The lowest BCUT2D eigenvalue weighted by Crippen LogP contribution is -2.33. The standard InChI is InChI=1S/C10H14ClN5O2/c1-2-5-16-9(17)8(11)7(6-15-16)13-3-4-14-10(12)18/h2,6,13H,1,3-5H2,(H3,12,14,18). The monoisotopic (exact) mass is 271 g/mol. The molecule has 4 N–H and O–H groups in total. The van der Waals surface area contributed by atoms with Crippen molar-refractivity contribution >= 4 is 23.3 Å². The average molecular weight is 272 g/mol. The van der Waals surface area contributed by atoms with Crippen LogP contribution < -0.4 is 21.9 Å². The Bertz CT molecular complexity index is 500. The molecule has 0 atom stereocenters. The van der Waals surface area contributed by atoms with Gasteiger partial charge in [0.15, 0.2) is 0 Å². The summed E-state index contributed by atoms with van der Waals surface area (Å²) in [5.74, 6) is 0. The lowest BCUT2D eigenvalue weighted by molar-refractivity contribution is 0.249. The van der Waals surface area contributed by atoms with Gasteiger partial charge in [-0.1, -0.05) is 17.7 Å². The number of hydrogen-bond acceptors (Lipinski definition) is 4. The first-order valence-corrected chi connectivity index (χ1v) is 5.57. The van der Waals surface area contributed by atoms with Crippen LogP contribution in [-0.2, 0) is 6.54 Å². The van der Waals surface area contributed by atoms with Crippen LogP contribution in [0, 0.1) is 0 Å². The van der Waals surface area contributed by atoms with E-state index in [4.69, 9.17) is 17.3 Å². The van der Waals surface area contributed by atoms with Crippen LogP contribution in [0.25, 0.3) is 0 Å². The van der Waals surface area contributed by atoms with Crippen LogP contribution in [-0.4, -0.2) is 28.9 Å². The van der Waals surface area contributed by atoms with Gasteiger partial charge in [0.25, 0.3) is 5.56 Å². The molecule has 0 unspecified atom stereocenters. The van der Waals surface area contributed by atoms with Crippen LogP contribution in [0.3, 0.4) is 0 Å². The predicted molar refractivity (Wildman–Crippen MR) is 69.8 cm³/mol. The van der Waals surface area contributed by atoms with Crippen molar-refractivity contribution in [2.45, 2.75) is 6.54 Å². The van der Waals surface area contributed by atoms with E-state index in [1.54, 1.807) is 6.08 Å². The van der Waals surface area contributed by atoms with E-state index in [2.05, 4.69) is 22.3 Å². The highest BCUT2D eigenvalue weighted by Crippen LogP contribution is 2.14. The maximum atomic E-state index is 11.7. The molecular formula is C10H14ClN5O2. The molecule has 0 aliphatic carbocycles. The maximum Gasteiger partial charge on any atom is 0.312 e. The number of carbonyl (C=O) groups excluding carboxylic acids is 1. The molecule has 8 heteroatoms. The average Bonchev–Trinajstić information content (AvgIpc) is 2.33. The second-order valence-corrected chi connectivity index (χ2v) is 3.74. The minimum Gasteiger partial charge on any atom is -0.381 e. The predicted octanol–water partition coefficient (Wildman–Crippen LogP) is 0.163. The molecule has 0 bridgehead atoms. The van der Waals surface area contributed by atoms with Gasteiger partial charge in [0.05, 0.1) is 18.4 Å². The van der Waals surface area contributed by atoms with E-state index in [-0.39, 0.29) is 5.02 Å². The molecule has 1 aromatic heterocycles. The molecule has 0 saturated carbocycles. The minimum atomic E-state index is -0.609. The van der Waals surface area contributed by atoms with Crippen molar-refractivity contribution in [3.05, 3.63) is 34.2 Å². The normalized spacial score (nSPS) is 9.83. The summed E-state index contributed by atoms with van der Waals surface area (Å²) in [7, 11) is 0. The summed E-state index contributed by atoms with van der Waals surface area (Å²) in [6.07, 6.45) is 2.99. The maximum absolute atomic E-state index is 11.7. The summed E-state index contributed by atoms with van der Waals surface area (Å²) in [6, 6.07) is -0.609. The third kappa shape index (κ3) is 3.77. The smallest absolute Gasteiger partial charge is 0.312 e. The Kier molecular flexibility index (Phi) is 5.19. The summed E-state index contributed by atoms with van der Waals surface area (Å²) in [6.45, 7) is 4.51. The minimum absolute atomic E-state index is 0.0472. The number of nitrogens with zero attached hydrogens (tertiary/aromatic N) is 2. The van der Waals surface area contributed by atoms with Gasteiger partial charge in [0.2, 0.25) is 0 Å². The summed E-state index contributed by atoms with van der Waals surface area (Å²) in [5.41, 5.74) is 4.91. The second kappa shape index (κ2) is 6.65. The van der Waals surface area contributed by atoms with Crippen molar-refractivity contribution < 1.29 is 4.79 Å². The molecule has 7 nitrogen and oxygen atoms in total. The fourth-order valence-corrected chi connectivity index (χ4v) is 1.44. The van der Waals surface area contributed by atoms with Crippen LogP contribution in [0.15, 0.2) is 23.6 Å². The van der Waals surface area contributed by atoms with Gasteiger partial charge >= 0.3 is 6.03 Å². The van der Waals surface area contributed by atoms with E-state index in [0.29, 0.717) is 25.3 Å². The lowest BCUT2D eigenvalue weighted by atomic mass is 10.4. The van der Waals surface area contributed by atoms with Gasteiger partial charge in [-0.2, -0.15) is 5.10 Å². The third-order valence-corrected chi connectivity index (χ3v) is 2.39. The number of nitrogens with two attached hydrogens (primary N) is 1. The molecule has 0 saturated heterocycles. The largest absolute Gasteiger partial charge is 0.381 e. The molecule has 2 amide bonds. The zero-order chi connectivity index (χ0) is 13.5. The van der Waals surface area contributed by atoms with Crippen LogP contribution in [0.1, 0.15) is 0 Å². The van der Waals surface area contributed by atoms with Gasteiger partial charge < -0.3 is 16.4 Å². The number of anilines is 1. The number of hydrogen-bond donors (Lipinski definition) is 3. The van der Waals surface area contributed by atoms with Gasteiger partial charge in [-0.25, -0.2) is 9.48 Å². The number of nitrogens with one attached hydrogen (secondary N) is 2. The summed E-state index contributed by atoms with van der Waals surface area (Å²) >= 11 is 5.89. The molecule has 0 spiro atoms. The van der Waals surface area contributed by atoms with E-state index in [1.807, 2.05) is 0 Å². The van der Waals surface area contributed by atoms with Gasteiger partial charge in [-0.05, 0) is 0 Å². The molecule has 18 heavy (non-hydrogen) atoms. The molecule has 1 heterocycles. The molecule has 1 rings (SSSR count). The number of allylic oxidation sites excluding steroid dienone is 1. The first-order valence-electron chi connectivity index (χ1n) is 5.20. The molecule has 0 radical (unpaired) electrons. The number of rotatable bonds is 6. The second-order valence-electron chi connectivity index (χ2n) is 3.37. The highest BCUT2D eigenvalue weighted by Gasteiger charge is 2.07. The van der Waals surface area contributed by atoms with Gasteiger partial charge in [0.1, 0.15) is 5.02 Å². The first kappa shape index (κ1) is 14.0. The Morgan fingerprint density at radius 2 is 2.33 bits per heavy atom. The molecule has 0 aliphatic rings. The summed E-state index contributed by atoms with van der Waals surface area (Å²) in [4.78, 5) is 22.1. The zero-order valence-corrected chi connectivity index (χ0v) is 10.4. The molecule has 0 fully saturated rings. The zero-order valence-electron chi connectivity index (χ0n) is 9.65. The molecule has 0 aromatic carbocycles. The summed E-state index contributed by atoms with van der Waals surface area (Å²) in [5, 5.41) is 9.24. The van der Waals surface area contributed by atoms with Crippen molar-refractivity contribution in [1.29, 1.82) is 0 Å². The van der Waals surface area contributed by atoms with E-state index in [1.165, 1.54) is 10.9 Å². The molecule has 1 aromatic rings. The molecule has 0 aliphatic heterocycles. The summed E-state index contributed by atoms with van der Waals surface area (Å²) < 4.78 is 1.20. The van der Waals surface area contributed by atoms with Gasteiger partial charge in [-0.3, -0.25) is 4.79 Å². The van der Waals surface area contributed by atoms with Crippen LogP contribution in [0.5, 0.6) is 0 Å². The Balaban J connectivity index is 2.67. The fraction of sp³-hybridized carbons (Fsp3) is 0.300. The number of primary amides is 1.